The molecule has 0 aliphatic carbocycles. The Kier molecular flexibility index (Phi) is 8.99. The molecule has 0 atom stereocenters. The first-order chi connectivity index (χ1) is 18.8. The number of aryl methyl sites for hydroxylation is 2. The number of carbonyl (C=O) groups excluding carboxylic acids is 1. The second-order valence-corrected chi connectivity index (χ2v) is 9.38. The minimum absolute atomic E-state index is 0.0848. The summed E-state index contributed by atoms with van der Waals surface area (Å²) in [5, 5.41) is 28.2. The van der Waals surface area contributed by atoms with Gasteiger partial charge >= 0.3 is 0 Å². The minimum atomic E-state index is -0.390. The van der Waals surface area contributed by atoms with Crippen LogP contribution in [0.4, 0.5) is 4.39 Å². The lowest BCUT2D eigenvalue weighted by Gasteiger charge is -2.18. The molecule has 0 saturated heterocycles. The van der Waals surface area contributed by atoms with Crippen LogP contribution in [0.5, 0.6) is 11.5 Å². The van der Waals surface area contributed by atoms with Gasteiger partial charge in [-0.05, 0) is 73.3 Å². The van der Waals surface area contributed by atoms with Crippen LogP contribution < -0.4 is 5.32 Å². The van der Waals surface area contributed by atoms with Gasteiger partial charge in [-0.1, -0.05) is 55.4 Å². The minimum Gasteiger partial charge on any atom is -0.508 e. The SMILES string of the molecule is CCNC(=O)c1noc(-c2cc(CCc3cccc(F)c3)c(O)cc2O)c1-c1ccc(CN(CC)CC)cc1. The lowest BCUT2D eigenvalue weighted by Crippen LogP contribution is -2.23. The van der Waals surface area contributed by atoms with Gasteiger partial charge in [0.25, 0.3) is 5.91 Å². The molecule has 204 valence electrons. The van der Waals surface area contributed by atoms with Gasteiger partial charge in [-0.25, -0.2) is 4.39 Å². The van der Waals surface area contributed by atoms with Gasteiger partial charge in [0, 0.05) is 19.2 Å². The average Bonchev–Trinajstić information content (AvgIpc) is 3.37. The van der Waals surface area contributed by atoms with Crippen LogP contribution in [0.2, 0.25) is 0 Å². The first kappa shape index (κ1) is 27.9. The van der Waals surface area contributed by atoms with E-state index in [0.29, 0.717) is 41.6 Å². The molecule has 8 heteroatoms. The predicted molar refractivity (Wildman–Crippen MR) is 149 cm³/mol. The van der Waals surface area contributed by atoms with Gasteiger partial charge in [0.15, 0.2) is 11.5 Å². The topological polar surface area (TPSA) is 98.8 Å². The fraction of sp³-hybridized carbons (Fsp3) is 0.290. The molecule has 0 saturated carbocycles. The van der Waals surface area contributed by atoms with Gasteiger partial charge < -0.3 is 20.1 Å². The summed E-state index contributed by atoms with van der Waals surface area (Å²) >= 11 is 0. The Morgan fingerprint density at radius 1 is 0.949 bits per heavy atom. The van der Waals surface area contributed by atoms with Gasteiger partial charge in [-0.15, -0.1) is 0 Å². The van der Waals surface area contributed by atoms with Gasteiger partial charge in [0.2, 0.25) is 0 Å². The molecule has 1 heterocycles. The van der Waals surface area contributed by atoms with Crippen LogP contribution >= 0.6 is 0 Å². The maximum absolute atomic E-state index is 13.6. The van der Waals surface area contributed by atoms with Crippen molar-refractivity contribution in [2.75, 3.05) is 19.6 Å². The summed E-state index contributed by atoms with van der Waals surface area (Å²) in [6, 6.07) is 17.0. The van der Waals surface area contributed by atoms with Gasteiger partial charge in [0.05, 0.1) is 11.1 Å². The highest BCUT2D eigenvalue weighted by molar-refractivity contribution is 6.02. The number of halogens is 1. The van der Waals surface area contributed by atoms with Crippen LogP contribution in [0.15, 0.2) is 65.2 Å². The maximum atomic E-state index is 13.6. The molecule has 1 aromatic heterocycles. The van der Waals surface area contributed by atoms with Crippen molar-refractivity contribution < 1.29 is 23.9 Å². The van der Waals surface area contributed by atoms with E-state index < -0.39 is 0 Å². The van der Waals surface area contributed by atoms with E-state index in [2.05, 4.69) is 29.2 Å². The third kappa shape index (κ3) is 6.46. The van der Waals surface area contributed by atoms with Crippen molar-refractivity contribution in [2.24, 2.45) is 0 Å². The first-order valence-corrected chi connectivity index (χ1v) is 13.2. The molecule has 0 unspecified atom stereocenters. The number of phenolic OH excluding ortho intramolecular Hbond substituents is 2. The number of phenols is 2. The lowest BCUT2D eigenvalue weighted by atomic mass is 9.95. The van der Waals surface area contributed by atoms with Crippen molar-refractivity contribution in [3.05, 3.63) is 88.9 Å². The van der Waals surface area contributed by atoms with E-state index in [-0.39, 0.29) is 34.7 Å². The maximum Gasteiger partial charge on any atom is 0.274 e. The molecule has 0 spiro atoms. The van der Waals surface area contributed by atoms with Crippen LogP contribution in [0.25, 0.3) is 22.5 Å². The van der Waals surface area contributed by atoms with Crippen molar-refractivity contribution in [1.29, 1.82) is 0 Å². The molecule has 0 aliphatic rings. The van der Waals surface area contributed by atoms with Crippen molar-refractivity contribution in [3.8, 4) is 33.9 Å². The van der Waals surface area contributed by atoms with Crippen molar-refractivity contribution in [1.82, 2.24) is 15.4 Å². The van der Waals surface area contributed by atoms with Crippen LogP contribution in [0.3, 0.4) is 0 Å². The normalized spacial score (nSPS) is 11.2. The zero-order valence-electron chi connectivity index (χ0n) is 22.5. The summed E-state index contributed by atoms with van der Waals surface area (Å²) < 4.78 is 19.3. The number of hydrogen-bond acceptors (Lipinski definition) is 6. The van der Waals surface area contributed by atoms with Crippen molar-refractivity contribution in [3.63, 3.8) is 0 Å². The predicted octanol–water partition coefficient (Wildman–Crippen LogP) is 5.94. The highest BCUT2D eigenvalue weighted by Gasteiger charge is 2.26. The van der Waals surface area contributed by atoms with Crippen molar-refractivity contribution >= 4 is 5.91 Å². The van der Waals surface area contributed by atoms with Crippen LogP contribution in [-0.4, -0.2) is 45.8 Å². The Morgan fingerprint density at radius 3 is 2.36 bits per heavy atom. The number of hydrogen-bond donors (Lipinski definition) is 3. The summed E-state index contributed by atoms with van der Waals surface area (Å²) in [6.45, 7) is 9.16. The third-order valence-electron chi connectivity index (χ3n) is 6.80. The van der Waals surface area contributed by atoms with Gasteiger partial charge in [0.1, 0.15) is 17.3 Å². The molecule has 0 fully saturated rings. The third-order valence-corrected chi connectivity index (χ3v) is 6.80. The smallest absolute Gasteiger partial charge is 0.274 e. The summed E-state index contributed by atoms with van der Waals surface area (Å²) in [4.78, 5) is 15.2. The molecular formula is C31H34FN3O4. The lowest BCUT2D eigenvalue weighted by molar-refractivity contribution is 0.0947. The zero-order chi connectivity index (χ0) is 27.9. The van der Waals surface area contributed by atoms with E-state index in [9.17, 15) is 19.4 Å². The average molecular weight is 532 g/mol. The monoisotopic (exact) mass is 531 g/mol. The van der Waals surface area contributed by atoms with Gasteiger partial charge in [-0.2, -0.15) is 0 Å². The Morgan fingerprint density at radius 2 is 1.69 bits per heavy atom. The largest absolute Gasteiger partial charge is 0.508 e. The molecule has 7 nitrogen and oxygen atoms in total. The van der Waals surface area contributed by atoms with E-state index in [1.807, 2.05) is 37.3 Å². The fourth-order valence-electron chi connectivity index (χ4n) is 4.60. The van der Waals surface area contributed by atoms with Crippen LogP contribution in [-0.2, 0) is 19.4 Å². The Hall–Kier alpha value is -4.17. The number of carbonyl (C=O) groups is 1. The molecule has 1 amide bonds. The summed E-state index contributed by atoms with van der Waals surface area (Å²) in [5.41, 5.74) is 4.03. The van der Waals surface area contributed by atoms with Crippen LogP contribution in [0.1, 0.15) is 48.0 Å². The zero-order valence-corrected chi connectivity index (χ0v) is 22.5. The number of rotatable bonds is 11. The quantitative estimate of drug-likeness (QED) is 0.222. The molecule has 39 heavy (non-hydrogen) atoms. The molecule has 0 bridgehead atoms. The molecule has 4 rings (SSSR count). The second kappa shape index (κ2) is 12.6. The Labute approximate surface area is 227 Å². The molecule has 0 aliphatic heterocycles. The highest BCUT2D eigenvalue weighted by Crippen LogP contribution is 2.42. The van der Waals surface area contributed by atoms with E-state index in [4.69, 9.17) is 4.52 Å². The second-order valence-electron chi connectivity index (χ2n) is 9.38. The number of aromatic nitrogens is 1. The summed E-state index contributed by atoms with van der Waals surface area (Å²) in [7, 11) is 0. The Balaban J connectivity index is 1.74. The first-order valence-electron chi connectivity index (χ1n) is 13.2. The molecule has 0 radical (unpaired) electrons. The fourth-order valence-corrected chi connectivity index (χ4v) is 4.60. The van der Waals surface area contributed by atoms with E-state index >= 15 is 0 Å². The summed E-state index contributed by atoms with van der Waals surface area (Å²) in [6.07, 6.45) is 0.881. The number of amides is 1. The van der Waals surface area contributed by atoms with E-state index in [1.54, 1.807) is 12.1 Å². The van der Waals surface area contributed by atoms with Gasteiger partial charge in [-0.3, -0.25) is 9.69 Å². The van der Waals surface area contributed by atoms with E-state index in [0.717, 1.165) is 30.8 Å². The molecular weight excluding hydrogens is 497 g/mol. The highest BCUT2D eigenvalue weighted by atomic mass is 19.1. The number of nitrogens with one attached hydrogen (secondary N) is 1. The van der Waals surface area contributed by atoms with Crippen LogP contribution in [0, 0.1) is 5.82 Å². The van der Waals surface area contributed by atoms with E-state index in [1.165, 1.54) is 18.2 Å². The Bertz CT molecular complexity index is 1430. The molecule has 3 aromatic carbocycles. The number of benzene rings is 3. The number of nitrogens with zero attached hydrogens (tertiary/aromatic N) is 2. The number of aromatic hydroxyl groups is 2. The summed E-state index contributed by atoms with van der Waals surface area (Å²) in [5.74, 6) is -0.787. The standard InChI is InChI=1S/C31H34FN3O4/c1-4-33-31(38)29-28(22-13-11-21(12-14-22)19-35(5-2)6-3)30(39-34-29)25-17-23(26(36)18-27(25)37)15-10-20-8-7-9-24(32)16-20/h7-9,11-14,16-18,36-37H,4-6,10,15,19H2,1-3H3,(H,33,38). The molecule has 4 aromatic rings. The van der Waals surface area contributed by atoms with Crippen molar-refractivity contribution in [2.45, 2.75) is 40.2 Å². The molecule has 3 N–H and O–H groups in total.